The maximum absolute atomic E-state index is 3.43. The summed E-state index contributed by atoms with van der Waals surface area (Å²) < 4.78 is 0. The second kappa shape index (κ2) is 2.70. The largest absolute Gasteiger partial charge is 0.381 e. The van der Waals surface area contributed by atoms with Crippen molar-refractivity contribution in [2.75, 3.05) is 0 Å². The molecule has 1 aromatic heterocycles. The highest BCUT2D eigenvalue weighted by atomic mass is 32.1. The van der Waals surface area contributed by atoms with Crippen LogP contribution >= 0.6 is 11.3 Å². The average Bonchev–Trinajstić information content (AvgIpc) is 2.55. The molecule has 2 heterocycles. The maximum atomic E-state index is 3.43. The molecule has 0 saturated heterocycles. The van der Waals surface area contributed by atoms with E-state index >= 15 is 0 Å². The number of rotatable bonds is 1. The van der Waals surface area contributed by atoms with Crippen molar-refractivity contribution in [3.05, 3.63) is 28.5 Å². The van der Waals surface area contributed by atoms with Gasteiger partial charge < -0.3 is 5.32 Å². The number of thiophene rings is 1. The smallest absolute Gasteiger partial charge is 0.0498 e. The molecule has 0 fully saturated rings. The van der Waals surface area contributed by atoms with Gasteiger partial charge in [-0.05, 0) is 24.8 Å². The van der Waals surface area contributed by atoms with Gasteiger partial charge in [0.05, 0.1) is 0 Å². The van der Waals surface area contributed by atoms with Gasteiger partial charge in [-0.2, -0.15) is 0 Å². The van der Waals surface area contributed by atoms with Crippen molar-refractivity contribution in [3.63, 3.8) is 0 Å². The Kier molecular flexibility index (Phi) is 1.70. The summed E-state index contributed by atoms with van der Waals surface area (Å²) >= 11 is 1.79. The fourth-order valence-corrected chi connectivity index (χ4v) is 2.01. The highest BCUT2D eigenvalue weighted by Gasteiger charge is 2.12. The van der Waals surface area contributed by atoms with Crippen molar-refractivity contribution in [1.29, 1.82) is 0 Å². The first-order valence-electron chi connectivity index (χ1n) is 3.87. The summed E-state index contributed by atoms with van der Waals surface area (Å²) in [7, 11) is 0. The molecule has 2 rings (SSSR count). The SMILES string of the molecule is CC1CC=C(c2cccs2)N1. The van der Waals surface area contributed by atoms with Gasteiger partial charge in [0, 0.05) is 16.6 Å². The van der Waals surface area contributed by atoms with Crippen molar-refractivity contribution in [2.45, 2.75) is 19.4 Å². The van der Waals surface area contributed by atoms with Gasteiger partial charge in [-0.15, -0.1) is 11.3 Å². The molecule has 0 bridgehead atoms. The van der Waals surface area contributed by atoms with Crippen LogP contribution in [0.15, 0.2) is 23.6 Å². The number of hydrogen-bond donors (Lipinski definition) is 1. The molecular weight excluding hydrogens is 154 g/mol. The van der Waals surface area contributed by atoms with Crippen LogP contribution in [0.5, 0.6) is 0 Å². The van der Waals surface area contributed by atoms with Crippen molar-refractivity contribution in [3.8, 4) is 0 Å². The van der Waals surface area contributed by atoms with E-state index < -0.39 is 0 Å². The van der Waals surface area contributed by atoms with Crippen LogP contribution in [-0.4, -0.2) is 6.04 Å². The third-order valence-corrected chi connectivity index (χ3v) is 2.77. The minimum Gasteiger partial charge on any atom is -0.381 e. The first-order valence-corrected chi connectivity index (χ1v) is 4.75. The van der Waals surface area contributed by atoms with Gasteiger partial charge in [-0.1, -0.05) is 12.1 Å². The van der Waals surface area contributed by atoms with Crippen LogP contribution in [0.1, 0.15) is 18.2 Å². The van der Waals surface area contributed by atoms with Crippen molar-refractivity contribution < 1.29 is 0 Å². The lowest BCUT2D eigenvalue weighted by atomic mass is 10.3. The van der Waals surface area contributed by atoms with Crippen LogP contribution in [0.4, 0.5) is 0 Å². The fourth-order valence-electron chi connectivity index (χ4n) is 1.28. The van der Waals surface area contributed by atoms with Crippen LogP contribution in [0.3, 0.4) is 0 Å². The Morgan fingerprint density at radius 3 is 3.09 bits per heavy atom. The van der Waals surface area contributed by atoms with Crippen molar-refractivity contribution in [1.82, 2.24) is 5.32 Å². The summed E-state index contributed by atoms with van der Waals surface area (Å²) in [6.45, 7) is 2.21. The third kappa shape index (κ3) is 1.31. The Morgan fingerprint density at radius 1 is 1.64 bits per heavy atom. The van der Waals surface area contributed by atoms with Gasteiger partial charge in [0.25, 0.3) is 0 Å². The molecule has 1 aliphatic rings. The monoisotopic (exact) mass is 165 g/mol. The molecule has 1 aromatic rings. The van der Waals surface area contributed by atoms with E-state index in [4.69, 9.17) is 0 Å². The normalized spacial score (nSPS) is 23.0. The summed E-state index contributed by atoms with van der Waals surface area (Å²) in [5.41, 5.74) is 1.31. The zero-order valence-corrected chi connectivity index (χ0v) is 7.32. The molecule has 1 N–H and O–H groups in total. The molecule has 1 nitrogen and oxygen atoms in total. The first-order chi connectivity index (χ1) is 5.36. The van der Waals surface area contributed by atoms with E-state index in [2.05, 4.69) is 35.8 Å². The molecule has 1 unspecified atom stereocenters. The van der Waals surface area contributed by atoms with Gasteiger partial charge in [0.2, 0.25) is 0 Å². The molecule has 1 aliphatic heterocycles. The second-order valence-electron chi connectivity index (χ2n) is 2.88. The predicted molar refractivity (Wildman–Crippen MR) is 49.5 cm³/mol. The minimum atomic E-state index is 0.618. The Morgan fingerprint density at radius 2 is 2.55 bits per heavy atom. The maximum Gasteiger partial charge on any atom is 0.0498 e. The summed E-state index contributed by atoms with van der Waals surface area (Å²) in [6.07, 6.45) is 3.43. The van der Waals surface area contributed by atoms with Crippen molar-refractivity contribution >= 4 is 17.0 Å². The molecule has 0 amide bonds. The Balaban J connectivity index is 2.19. The van der Waals surface area contributed by atoms with Crippen LogP contribution in [-0.2, 0) is 0 Å². The molecule has 0 spiro atoms. The Labute approximate surface area is 70.8 Å². The molecule has 1 atom stereocenters. The predicted octanol–water partition coefficient (Wildman–Crippen LogP) is 2.47. The highest BCUT2D eigenvalue weighted by molar-refractivity contribution is 7.11. The lowest BCUT2D eigenvalue weighted by Crippen LogP contribution is -2.16. The minimum absolute atomic E-state index is 0.618. The Bertz CT molecular complexity index is 261. The van der Waals surface area contributed by atoms with E-state index in [1.807, 2.05) is 0 Å². The fraction of sp³-hybridized carbons (Fsp3) is 0.333. The van der Waals surface area contributed by atoms with E-state index in [1.165, 1.54) is 10.6 Å². The van der Waals surface area contributed by atoms with Gasteiger partial charge in [0.15, 0.2) is 0 Å². The molecular formula is C9H11NS. The van der Waals surface area contributed by atoms with Gasteiger partial charge in [-0.25, -0.2) is 0 Å². The van der Waals surface area contributed by atoms with Crippen molar-refractivity contribution in [2.24, 2.45) is 0 Å². The van der Waals surface area contributed by atoms with Gasteiger partial charge in [0.1, 0.15) is 0 Å². The molecule has 58 valence electrons. The van der Waals surface area contributed by atoms with Crippen LogP contribution in [0, 0.1) is 0 Å². The van der Waals surface area contributed by atoms with Crippen LogP contribution in [0.2, 0.25) is 0 Å². The number of hydrogen-bond acceptors (Lipinski definition) is 2. The zero-order chi connectivity index (χ0) is 7.68. The van der Waals surface area contributed by atoms with E-state index in [0.29, 0.717) is 6.04 Å². The van der Waals surface area contributed by atoms with Gasteiger partial charge in [-0.3, -0.25) is 0 Å². The standard InChI is InChI=1S/C9H11NS/c1-7-4-5-8(10-7)9-3-2-6-11-9/h2-3,5-7,10H,4H2,1H3. The molecule has 11 heavy (non-hydrogen) atoms. The lowest BCUT2D eigenvalue weighted by molar-refractivity contribution is 0.699. The first kappa shape index (κ1) is 6.92. The van der Waals surface area contributed by atoms with E-state index in [1.54, 1.807) is 11.3 Å². The zero-order valence-electron chi connectivity index (χ0n) is 6.50. The molecule has 0 aromatic carbocycles. The van der Waals surface area contributed by atoms with Crippen LogP contribution in [0.25, 0.3) is 5.70 Å². The van der Waals surface area contributed by atoms with E-state index in [0.717, 1.165) is 6.42 Å². The second-order valence-corrected chi connectivity index (χ2v) is 3.82. The summed E-state index contributed by atoms with van der Waals surface area (Å²) in [6, 6.07) is 4.86. The Hall–Kier alpha value is -0.760. The van der Waals surface area contributed by atoms with E-state index in [9.17, 15) is 0 Å². The molecule has 2 heteroatoms. The molecule has 0 saturated carbocycles. The quantitative estimate of drug-likeness (QED) is 0.674. The van der Waals surface area contributed by atoms with E-state index in [-0.39, 0.29) is 0 Å². The summed E-state index contributed by atoms with van der Waals surface area (Å²) in [5.74, 6) is 0. The topological polar surface area (TPSA) is 12.0 Å². The third-order valence-electron chi connectivity index (χ3n) is 1.86. The van der Waals surface area contributed by atoms with Gasteiger partial charge >= 0.3 is 0 Å². The lowest BCUT2D eigenvalue weighted by Gasteiger charge is -2.05. The summed E-state index contributed by atoms with van der Waals surface area (Å²) in [4.78, 5) is 1.36. The summed E-state index contributed by atoms with van der Waals surface area (Å²) in [5, 5.41) is 5.54. The molecule has 0 aliphatic carbocycles. The average molecular weight is 165 g/mol. The van der Waals surface area contributed by atoms with Crippen LogP contribution < -0.4 is 5.32 Å². The number of nitrogens with one attached hydrogen (secondary N) is 1. The highest BCUT2D eigenvalue weighted by Crippen LogP contribution is 2.23. The molecule has 0 radical (unpaired) electrons.